The minimum absolute atomic E-state index is 0.125. The Morgan fingerprint density at radius 2 is 1.64 bits per heavy atom. The first kappa shape index (κ1) is 25.8. The summed E-state index contributed by atoms with van der Waals surface area (Å²) in [6, 6.07) is 22.6. The highest BCUT2D eigenvalue weighted by Crippen LogP contribution is 2.30. The lowest BCUT2D eigenvalue weighted by molar-refractivity contribution is -0.136. The second kappa shape index (κ2) is 11.2. The van der Waals surface area contributed by atoms with E-state index in [1.807, 2.05) is 23.1 Å². The maximum Gasteiger partial charge on any atom is 0.227 e. The average molecular weight is 506 g/mol. The van der Waals surface area contributed by atoms with Crippen molar-refractivity contribution < 1.29 is 14.3 Å². The molecule has 6 nitrogen and oxygen atoms in total. The number of piperazine rings is 1. The lowest BCUT2D eigenvalue weighted by Crippen LogP contribution is -2.61. The molecule has 1 aliphatic heterocycles. The number of carbonyl (C=O) groups is 1. The molecule has 1 amide bonds. The van der Waals surface area contributed by atoms with Crippen LogP contribution in [-0.2, 0) is 11.2 Å². The third-order valence-corrected chi connectivity index (χ3v) is 7.39. The van der Waals surface area contributed by atoms with Crippen molar-refractivity contribution in [2.24, 2.45) is 0 Å². The van der Waals surface area contributed by atoms with Crippen molar-refractivity contribution in [1.29, 1.82) is 0 Å². The maximum absolute atomic E-state index is 13.3. The fourth-order valence-corrected chi connectivity index (χ4v) is 5.21. The van der Waals surface area contributed by atoms with Crippen LogP contribution in [0.1, 0.15) is 25.0 Å². The van der Waals surface area contributed by atoms with E-state index in [2.05, 4.69) is 78.9 Å². The topological polar surface area (TPSA) is 54.0 Å². The van der Waals surface area contributed by atoms with E-state index in [1.54, 1.807) is 26.2 Å². The largest absolute Gasteiger partial charge is 0.493 e. The quantitative estimate of drug-likeness (QED) is 0.391. The van der Waals surface area contributed by atoms with Crippen LogP contribution in [0.3, 0.4) is 0 Å². The molecule has 4 rings (SSSR count). The average Bonchev–Trinajstić information content (AvgIpc) is 2.88. The van der Waals surface area contributed by atoms with Crippen molar-refractivity contribution in [3.8, 4) is 11.5 Å². The number of carbonyl (C=O) groups excluding carboxylic acids is 1. The number of aryl methyl sites for hydroxylation is 1. The third-order valence-electron chi connectivity index (χ3n) is 6.55. The second-order valence-corrected chi connectivity index (χ2v) is 10.6. The number of benzene rings is 3. The molecule has 7 heteroatoms. The van der Waals surface area contributed by atoms with Crippen molar-refractivity contribution >= 4 is 29.2 Å². The van der Waals surface area contributed by atoms with Crippen LogP contribution < -0.4 is 19.1 Å². The second-order valence-electron chi connectivity index (χ2n) is 9.71. The number of anilines is 2. The van der Waals surface area contributed by atoms with Crippen LogP contribution in [-0.4, -0.2) is 50.2 Å². The van der Waals surface area contributed by atoms with Gasteiger partial charge in [0.25, 0.3) is 0 Å². The Morgan fingerprint density at radius 1 is 0.944 bits per heavy atom. The highest BCUT2D eigenvalue weighted by atomic mass is 32.2. The lowest BCUT2D eigenvalue weighted by atomic mass is 9.96. The Morgan fingerprint density at radius 3 is 2.28 bits per heavy atom. The molecule has 0 radical (unpaired) electrons. The van der Waals surface area contributed by atoms with E-state index < -0.39 is 0 Å². The van der Waals surface area contributed by atoms with Gasteiger partial charge >= 0.3 is 0 Å². The molecule has 0 atom stereocenters. The van der Waals surface area contributed by atoms with E-state index in [1.165, 1.54) is 16.1 Å². The van der Waals surface area contributed by atoms with Gasteiger partial charge in [-0.05, 0) is 86.8 Å². The Kier molecular flexibility index (Phi) is 7.99. The Balaban J connectivity index is 1.35. The Labute approximate surface area is 218 Å². The van der Waals surface area contributed by atoms with E-state index >= 15 is 0 Å². The van der Waals surface area contributed by atoms with Gasteiger partial charge in [-0.1, -0.05) is 23.8 Å². The van der Waals surface area contributed by atoms with Crippen LogP contribution >= 0.6 is 11.9 Å². The SMILES string of the molecule is COc1ccc(CC(=O)N2CCN(c3ccc(NSc4ccc(C)cc4)cc3)CC2(C)C)cc1OC. The van der Waals surface area contributed by atoms with E-state index in [0.29, 0.717) is 24.5 Å². The first-order valence-electron chi connectivity index (χ1n) is 12.1. The van der Waals surface area contributed by atoms with E-state index in [4.69, 9.17) is 9.47 Å². The molecule has 0 bridgehead atoms. The van der Waals surface area contributed by atoms with Crippen molar-refractivity contribution in [3.05, 3.63) is 77.9 Å². The van der Waals surface area contributed by atoms with Crippen LogP contribution in [0.2, 0.25) is 0 Å². The molecular weight excluding hydrogens is 470 g/mol. The summed E-state index contributed by atoms with van der Waals surface area (Å²) in [6.07, 6.45) is 0.336. The standard InChI is InChI=1S/C29H35N3O3S/c1-21-6-13-25(14-7-21)36-30-23-9-11-24(12-10-23)31-16-17-32(29(2,3)20-31)28(33)19-22-8-15-26(34-4)27(18-22)35-5/h6-15,18,30H,16-17,19-20H2,1-5H3. The smallest absolute Gasteiger partial charge is 0.227 e. The predicted molar refractivity (Wildman–Crippen MR) is 148 cm³/mol. The molecule has 1 saturated heterocycles. The molecule has 1 heterocycles. The fraction of sp³-hybridized carbons (Fsp3) is 0.345. The Hall–Kier alpha value is -3.32. The number of amides is 1. The van der Waals surface area contributed by atoms with Gasteiger partial charge in [0.15, 0.2) is 11.5 Å². The van der Waals surface area contributed by atoms with Crippen LogP contribution in [0.25, 0.3) is 0 Å². The minimum Gasteiger partial charge on any atom is -0.493 e. The zero-order chi connectivity index (χ0) is 25.7. The van der Waals surface area contributed by atoms with Crippen molar-refractivity contribution in [2.45, 2.75) is 37.6 Å². The molecule has 0 spiro atoms. The van der Waals surface area contributed by atoms with Gasteiger partial charge in [0.2, 0.25) is 5.91 Å². The molecule has 1 fully saturated rings. The van der Waals surface area contributed by atoms with Crippen LogP contribution in [0, 0.1) is 6.92 Å². The molecule has 0 unspecified atom stereocenters. The number of nitrogens with zero attached hydrogens (tertiary/aromatic N) is 2. The van der Waals surface area contributed by atoms with E-state index in [9.17, 15) is 4.79 Å². The molecule has 3 aromatic carbocycles. The summed E-state index contributed by atoms with van der Waals surface area (Å²) >= 11 is 1.61. The summed E-state index contributed by atoms with van der Waals surface area (Å²) < 4.78 is 14.1. The van der Waals surface area contributed by atoms with Gasteiger partial charge in [0.05, 0.1) is 26.2 Å². The number of methoxy groups -OCH3 is 2. The number of hydrogen-bond acceptors (Lipinski definition) is 6. The molecule has 0 saturated carbocycles. The minimum atomic E-state index is -0.288. The van der Waals surface area contributed by atoms with Crippen molar-refractivity contribution in [1.82, 2.24) is 4.90 Å². The van der Waals surface area contributed by atoms with Gasteiger partial charge in [-0.15, -0.1) is 0 Å². The zero-order valence-corrected chi connectivity index (χ0v) is 22.5. The highest BCUT2D eigenvalue weighted by Gasteiger charge is 2.36. The Bertz CT molecular complexity index is 1180. The van der Waals surface area contributed by atoms with Gasteiger partial charge in [0.1, 0.15) is 0 Å². The highest BCUT2D eigenvalue weighted by molar-refractivity contribution is 8.00. The first-order valence-corrected chi connectivity index (χ1v) is 13.0. The van der Waals surface area contributed by atoms with Gasteiger partial charge < -0.3 is 24.0 Å². The van der Waals surface area contributed by atoms with Crippen LogP contribution in [0.5, 0.6) is 11.5 Å². The molecule has 1 aliphatic rings. The van der Waals surface area contributed by atoms with E-state index in [0.717, 1.165) is 24.3 Å². The monoisotopic (exact) mass is 505 g/mol. The molecular formula is C29H35N3O3S. The van der Waals surface area contributed by atoms with Crippen molar-refractivity contribution in [2.75, 3.05) is 43.5 Å². The number of hydrogen-bond donors (Lipinski definition) is 1. The molecule has 1 N–H and O–H groups in total. The van der Waals surface area contributed by atoms with Gasteiger partial charge in [-0.25, -0.2) is 0 Å². The number of rotatable bonds is 8. The van der Waals surface area contributed by atoms with Gasteiger partial charge in [-0.2, -0.15) is 0 Å². The van der Waals surface area contributed by atoms with Gasteiger partial charge in [-0.3, -0.25) is 4.79 Å². The number of nitrogens with one attached hydrogen (secondary N) is 1. The summed E-state index contributed by atoms with van der Waals surface area (Å²) in [5.74, 6) is 1.43. The molecule has 190 valence electrons. The summed E-state index contributed by atoms with van der Waals surface area (Å²) in [5.41, 5.74) is 4.12. The first-order chi connectivity index (χ1) is 17.3. The number of ether oxygens (including phenoxy) is 2. The molecule has 0 aliphatic carbocycles. The summed E-state index contributed by atoms with van der Waals surface area (Å²) in [6.45, 7) is 8.62. The molecule has 3 aromatic rings. The lowest BCUT2D eigenvalue weighted by Gasteiger charge is -2.48. The zero-order valence-electron chi connectivity index (χ0n) is 21.7. The summed E-state index contributed by atoms with van der Waals surface area (Å²) in [7, 11) is 3.22. The predicted octanol–water partition coefficient (Wildman–Crippen LogP) is 5.80. The van der Waals surface area contributed by atoms with E-state index in [-0.39, 0.29) is 11.4 Å². The van der Waals surface area contributed by atoms with Crippen molar-refractivity contribution in [3.63, 3.8) is 0 Å². The van der Waals surface area contributed by atoms with Crippen LogP contribution in [0.15, 0.2) is 71.6 Å². The summed E-state index contributed by atoms with van der Waals surface area (Å²) in [4.78, 5) is 18.8. The van der Waals surface area contributed by atoms with Gasteiger partial charge in [0, 0.05) is 35.9 Å². The normalized spacial score (nSPS) is 14.9. The molecule has 36 heavy (non-hydrogen) atoms. The van der Waals surface area contributed by atoms with Crippen LogP contribution in [0.4, 0.5) is 11.4 Å². The third kappa shape index (κ3) is 6.08. The summed E-state index contributed by atoms with van der Waals surface area (Å²) in [5, 5.41) is 0. The maximum atomic E-state index is 13.3. The molecule has 0 aromatic heterocycles. The fourth-order valence-electron chi connectivity index (χ4n) is 4.56.